The number of para-hydroxylation sites is 1. The number of pyridine rings is 1. The van der Waals surface area contributed by atoms with Crippen LogP contribution in [0.4, 0.5) is 0 Å². The van der Waals surface area contributed by atoms with Crippen LogP contribution < -0.4 is 11.1 Å². The summed E-state index contributed by atoms with van der Waals surface area (Å²) in [5.74, 6) is 0. The Balaban J connectivity index is 2.49. The first-order valence-corrected chi connectivity index (χ1v) is 6.45. The number of hydrogen-bond donors (Lipinski definition) is 1. The van der Waals surface area contributed by atoms with Crippen LogP contribution in [0.5, 0.6) is 0 Å². The molecule has 0 aliphatic carbocycles. The Bertz CT molecular complexity index is 934. The molecule has 0 aliphatic rings. The SMILES string of the molecule is Cc1c2c(=O)[nH]n(-c3ccccc3Cl)c2cc(=O)n1C. The second-order valence-corrected chi connectivity index (χ2v) is 5.02. The van der Waals surface area contributed by atoms with Crippen molar-refractivity contribution < 1.29 is 0 Å². The van der Waals surface area contributed by atoms with Gasteiger partial charge in [-0.25, -0.2) is 0 Å². The number of H-pyrrole nitrogens is 1. The van der Waals surface area contributed by atoms with Crippen LogP contribution in [0.25, 0.3) is 16.6 Å². The van der Waals surface area contributed by atoms with Crippen molar-refractivity contribution in [2.75, 3.05) is 0 Å². The first kappa shape index (κ1) is 12.7. The van der Waals surface area contributed by atoms with Crippen LogP contribution in [0.3, 0.4) is 0 Å². The van der Waals surface area contributed by atoms with Gasteiger partial charge in [0.15, 0.2) is 0 Å². The highest BCUT2D eigenvalue weighted by Gasteiger charge is 2.14. The molecule has 2 heterocycles. The van der Waals surface area contributed by atoms with Gasteiger partial charge >= 0.3 is 0 Å². The molecule has 3 aromatic rings. The highest BCUT2D eigenvalue weighted by atomic mass is 35.5. The molecule has 1 N–H and O–H groups in total. The summed E-state index contributed by atoms with van der Waals surface area (Å²) < 4.78 is 3.00. The molecule has 0 saturated carbocycles. The minimum absolute atomic E-state index is 0.171. The van der Waals surface area contributed by atoms with Crippen LogP contribution in [-0.2, 0) is 7.05 Å². The third kappa shape index (κ3) is 1.71. The van der Waals surface area contributed by atoms with Crippen molar-refractivity contribution in [1.82, 2.24) is 14.3 Å². The van der Waals surface area contributed by atoms with Crippen LogP contribution in [0.2, 0.25) is 5.02 Å². The number of nitrogens with zero attached hydrogens (tertiary/aromatic N) is 2. The van der Waals surface area contributed by atoms with E-state index in [1.54, 1.807) is 36.9 Å². The van der Waals surface area contributed by atoms with Gasteiger partial charge in [0, 0.05) is 18.8 Å². The van der Waals surface area contributed by atoms with Gasteiger partial charge in [0.1, 0.15) is 0 Å². The maximum atomic E-state index is 12.1. The Morgan fingerprint density at radius 1 is 1.20 bits per heavy atom. The zero-order valence-corrected chi connectivity index (χ0v) is 11.7. The number of rotatable bonds is 1. The molecule has 0 unspecified atom stereocenters. The molecule has 20 heavy (non-hydrogen) atoms. The average Bonchev–Trinajstić information content (AvgIpc) is 2.73. The van der Waals surface area contributed by atoms with E-state index in [1.807, 2.05) is 6.07 Å². The molecule has 3 rings (SSSR count). The lowest BCUT2D eigenvalue weighted by atomic mass is 10.2. The smallest absolute Gasteiger partial charge is 0.274 e. The minimum Gasteiger partial charge on any atom is -0.315 e. The third-order valence-electron chi connectivity index (χ3n) is 3.49. The molecule has 2 aromatic heterocycles. The summed E-state index contributed by atoms with van der Waals surface area (Å²) in [5, 5.41) is 3.72. The van der Waals surface area contributed by atoms with E-state index in [4.69, 9.17) is 11.6 Å². The summed E-state index contributed by atoms with van der Waals surface area (Å²) in [6, 6.07) is 8.57. The van der Waals surface area contributed by atoms with E-state index in [0.717, 1.165) is 0 Å². The average molecular weight is 290 g/mol. The van der Waals surface area contributed by atoms with Crippen molar-refractivity contribution in [3.05, 3.63) is 61.8 Å². The molecule has 6 heteroatoms. The van der Waals surface area contributed by atoms with Crippen LogP contribution in [0, 0.1) is 6.92 Å². The van der Waals surface area contributed by atoms with Crippen molar-refractivity contribution in [3.63, 3.8) is 0 Å². The summed E-state index contributed by atoms with van der Waals surface area (Å²) in [6.45, 7) is 1.75. The number of fused-ring (bicyclic) bond motifs is 1. The van der Waals surface area contributed by atoms with Crippen LogP contribution >= 0.6 is 11.6 Å². The minimum atomic E-state index is -0.243. The summed E-state index contributed by atoms with van der Waals surface area (Å²) in [6.07, 6.45) is 0. The van der Waals surface area contributed by atoms with E-state index < -0.39 is 0 Å². The van der Waals surface area contributed by atoms with Gasteiger partial charge < -0.3 is 4.57 Å². The molecule has 0 amide bonds. The topological polar surface area (TPSA) is 59.8 Å². The lowest BCUT2D eigenvalue weighted by molar-refractivity contribution is 0.828. The number of hydrogen-bond acceptors (Lipinski definition) is 2. The molecule has 5 nitrogen and oxygen atoms in total. The van der Waals surface area contributed by atoms with Crippen molar-refractivity contribution >= 4 is 22.5 Å². The number of aromatic amines is 1. The van der Waals surface area contributed by atoms with Gasteiger partial charge in [-0.15, -0.1) is 0 Å². The van der Waals surface area contributed by atoms with E-state index in [0.29, 0.717) is 27.3 Å². The highest BCUT2D eigenvalue weighted by Crippen LogP contribution is 2.22. The van der Waals surface area contributed by atoms with Crippen LogP contribution in [0.15, 0.2) is 39.9 Å². The predicted octanol–water partition coefficient (Wildman–Crippen LogP) is 1.98. The van der Waals surface area contributed by atoms with Gasteiger partial charge in [0.05, 0.1) is 21.6 Å². The fraction of sp³-hybridized carbons (Fsp3) is 0.143. The van der Waals surface area contributed by atoms with Gasteiger partial charge in [-0.3, -0.25) is 19.4 Å². The van der Waals surface area contributed by atoms with Crippen molar-refractivity contribution in [3.8, 4) is 5.69 Å². The maximum absolute atomic E-state index is 12.1. The number of aromatic nitrogens is 3. The number of nitrogens with one attached hydrogen (secondary N) is 1. The van der Waals surface area contributed by atoms with Gasteiger partial charge in [0.2, 0.25) is 0 Å². The van der Waals surface area contributed by atoms with Gasteiger partial charge in [-0.05, 0) is 19.1 Å². The summed E-state index contributed by atoms with van der Waals surface area (Å²) in [7, 11) is 1.64. The van der Waals surface area contributed by atoms with E-state index in [-0.39, 0.29) is 11.1 Å². The monoisotopic (exact) mass is 289 g/mol. The fourth-order valence-corrected chi connectivity index (χ4v) is 2.52. The molecule has 0 radical (unpaired) electrons. The van der Waals surface area contributed by atoms with E-state index in [1.165, 1.54) is 10.6 Å². The number of halogens is 1. The second kappa shape index (κ2) is 4.38. The summed E-state index contributed by atoms with van der Waals surface area (Å²) in [4.78, 5) is 24.1. The van der Waals surface area contributed by atoms with Crippen LogP contribution in [-0.4, -0.2) is 14.3 Å². The molecular weight excluding hydrogens is 278 g/mol. The normalized spacial score (nSPS) is 11.2. The van der Waals surface area contributed by atoms with Gasteiger partial charge in [-0.2, -0.15) is 0 Å². The molecule has 0 bridgehead atoms. The fourth-order valence-electron chi connectivity index (χ4n) is 2.30. The van der Waals surface area contributed by atoms with Gasteiger partial charge in [-0.1, -0.05) is 23.7 Å². The Morgan fingerprint density at radius 2 is 1.90 bits per heavy atom. The summed E-state index contributed by atoms with van der Waals surface area (Å²) >= 11 is 6.15. The van der Waals surface area contributed by atoms with E-state index >= 15 is 0 Å². The zero-order valence-electron chi connectivity index (χ0n) is 11.0. The Morgan fingerprint density at radius 3 is 2.60 bits per heavy atom. The summed E-state index contributed by atoms with van der Waals surface area (Å²) in [5.41, 5.74) is 1.37. The molecule has 0 saturated heterocycles. The zero-order chi connectivity index (χ0) is 14.4. The second-order valence-electron chi connectivity index (χ2n) is 4.61. The third-order valence-corrected chi connectivity index (χ3v) is 3.81. The standard InChI is InChI=1S/C14H12ClN3O2/c1-8-13-11(7-12(19)17(8)2)18(16-14(13)20)10-6-4-3-5-9(10)15/h3-7H,1-2H3,(H,16,20). The van der Waals surface area contributed by atoms with Crippen LogP contribution in [0.1, 0.15) is 5.69 Å². The predicted molar refractivity (Wildman–Crippen MR) is 78.9 cm³/mol. The Kier molecular flexibility index (Phi) is 2.79. The van der Waals surface area contributed by atoms with Crippen molar-refractivity contribution in [2.24, 2.45) is 7.05 Å². The quantitative estimate of drug-likeness (QED) is 0.745. The molecule has 0 atom stereocenters. The lowest BCUT2D eigenvalue weighted by Crippen LogP contribution is -2.19. The molecule has 1 aromatic carbocycles. The molecule has 0 fully saturated rings. The molecular formula is C14H12ClN3O2. The van der Waals surface area contributed by atoms with E-state index in [9.17, 15) is 9.59 Å². The van der Waals surface area contributed by atoms with E-state index in [2.05, 4.69) is 5.10 Å². The Hall–Kier alpha value is -2.27. The van der Waals surface area contributed by atoms with Crippen molar-refractivity contribution in [1.29, 1.82) is 0 Å². The highest BCUT2D eigenvalue weighted by molar-refractivity contribution is 6.32. The largest absolute Gasteiger partial charge is 0.315 e. The number of aryl methyl sites for hydroxylation is 1. The Labute approximate surface area is 119 Å². The first-order chi connectivity index (χ1) is 9.50. The molecule has 0 aliphatic heterocycles. The molecule has 102 valence electrons. The van der Waals surface area contributed by atoms with Gasteiger partial charge in [0.25, 0.3) is 11.1 Å². The first-order valence-electron chi connectivity index (χ1n) is 6.07. The maximum Gasteiger partial charge on any atom is 0.274 e. The van der Waals surface area contributed by atoms with Crippen molar-refractivity contribution in [2.45, 2.75) is 6.92 Å². The molecule has 0 spiro atoms. The lowest BCUT2D eigenvalue weighted by Gasteiger charge is -2.08. The number of benzene rings is 1.